The average Bonchev–Trinajstić information content (AvgIpc) is 2.90. The van der Waals surface area contributed by atoms with Crippen molar-refractivity contribution in [2.75, 3.05) is 20.7 Å². The number of amides is 1. The van der Waals surface area contributed by atoms with Crippen molar-refractivity contribution in [2.24, 2.45) is 5.73 Å². The van der Waals surface area contributed by atoms with Crippen molar-refractivity contribution in [3.8, 4) is 11.8 Å². The van der Waals surface area contributed by atoms with Crippen molar-refractivity contribution in [1.82, 2.24) is 4.90 Å². The first-order chi connectivity index (χ1) is 9.46. The lowest BCUT2D eigenvalue weighted by molar-refractivity contribution is -0.152. The second kappa shape index (κ2) is 7.44. The van der Waals surface area contributed by atoms with E-state index in [1.54, 1.807) is 30.4 Å². The molecule has 1 aromatic heterocycles. The van der Waals surface area contributed by atoms with Crippen molar-refractivity contribution in [3.63, 3.8) is 0 Å². The van der Waals surface area contributed by atoms with Crippen LogP contribution in [0.25, 0.3) is 0 Å². The van der Waals surface area contributed by atoms with Crippen molar-refractivity contribution in [3.05, 3.63) is 21.9 Å². The highest BCUT2D eigenvalue weighted by atomic mass is 32.1. The lowest BCUT2D eigenvalue weighted by atomic mass is 10.0. The number of ether oxygens (including phenoxy) is 1. The number of thiophene rings is 1. The molecule has 1 amide bonds. The summed E-state index contributed by atoms with van der Waals surface area (Å²) in [6.45, 7) is 4.67. The van der Waals surface area contributed by atoms with Crippen LogP contribution in [0, 0.1) is 11.8 Å². The molecule has 0 spiro atoms. The van der Waals surface area contributed by atoms with E-state index in [4.69, 9.17) is 10.5 Å². The summed E-state index contributed by atoms with van der Waals surface area (Å²) in [6, 6.07) is 1.99. The molecule has 0 aliphatic heterocycles. The van der Waals surface area contributed by atoms with Crippen molar-refractivity contribution in [1.29, 1.82) is 0 Å². The Morgan fingerprint density at radius 3 is 2.85 bits per heavy atom. The van der Waals surface area contributed by atoms with Gasteiger partial charge in [0.15, 0.2) is 0 Å². The molecule has 0 bridgehead atoms. The number of carbonyl (C=O) groups is 1. The van der Waals surface area contributed by atoms with Gasteiger partial charge in [0, 0.05) is 20.7 Å². The van der Waals surface area contributed by atoms with E-state index in [9.17, 15) is 4.79 Å². The molecular formula is C15H22N2O2S. The SMILES string of the molecule is CCC(C)(OC)C(=O)N(C)Cc1csc(C#CCN)c1. The van der Waals surface area contributed by atoms with Crippen LogP contribution in [0.3, 0.4) is 0 Å². The van der Waals surface area contributed by atoms with Crippen molar-refractivity contribution < 1.29 is 9.53 Å². The summed E-state index contributed by atoms with van der Waals surface area (Å²) in [5.41, 5.74) is 5.66. The van der Waals surface area contributed by atoms with Crippen LogP contribution in [0.1, 0.15) is 30.7 Å². The first-order valence-electron chi connectivity index (χ1n) is 6.54. The fraction of sp³-hybridized carbons (Fsp3) is 0.533. The molecule has 5 heteroatoms. The molecule has 1 heterocycles. The molecule has 0 saturated heterocycles. The van der Waals surface area contributed by atoms with Gasteiger partial charge in [0.2, 0.25) is 0 Å². The monoisotopic (exact) mass is 294 g/mol. The number of likely N-dealkylation sites (N-methyl/N-ethyl adjacent to an activating group) is 1. The Morgan fingerprint density at radius 2 is 2.30 bits per heavy atom. The highest BCUT2D eigenvalue weighted by Gasteiger charge is 2.33. The van der Waals surface area contributed by atoms with Crippen LogP contribution in [0.4, 0.5) is 0 Å². The number of methoxy groups -OCH3 is 1. The molecule has 1 atom stereocenters. The van der Waals surface area contributed by atoms with Gasteiger partial charge in [-0.1, -0.05) is 18.8 Å². The maximum Gasteiger partial charge on any atom is 0.254 e. The summed E-state index contributed by atoms with van der Waals surface area (Å²) in [7, 11) is 3.36. The fourth-order valence-electron chi connectivity index (χ4n) is 1.79. The first-order valence-corrected chi connectivity index (χ1v) is 7.42. The Kier molecular flexibility index (Phi) is 6.21. The molecule has 4 nitrogen and oxygen atoms in total. The Morgan fingerprint density at radius 1 is 1.60 bits per heavy atom. The Balaban J connectivity index is 2.73. The van der Waals surface area contributed by atoms with Gasteiger partial charge < -0.3 is 15.4 Å². The maximum absolute atomic E-state index is 12.4. The summed E-state index contributed by atoms with van der Waals surface area (Å²) in [6.07, 6.45) is 0.642. The van der Waals surface area contributed by atoms with Crippen molar-refractivity contribution >= 4 is 17.2 Å². The van der Waals surface area contributed by atoms with Gasteiger partial charge in [-0.15, -0.1) is 11.3 Å². The minimum atomic E-state index is -0.757. The summed E-state index contributed by atoms with van der Waals surface area (Å²) in [4.78, 5) is 15.0. The second-order valence-corrected chi connectivity index (χ2v) is 5.69. The number of hydrogen-bond acceptors (Lipinski definition) is 4. The minimum absolute atomic E-state index is 0.0108. The van der Waals surface area contributed by atoms with Crippen LogP contribution in [0.15, 0.2) is 11.4 Å². The lowest BCUT2D eigenvalue weighted by Gasteiger charge is -2.30. The van der Waals surface area contributed by atoms with Crippen LogP contribution in [-0.2, 0) is 16.1 Å². The molecule has 2 N–H and O–H groups in total. The third-order valence-electron chi connectivity index (χ3n) is 3.31. The van der Waals surface area contributed by atoms with Crippen LogP contribution in [-0.4, -0.2) is 37.1 Å². The molecule has 1 unspecified atom stereocenters. The predicted octanol–water partition coefficient (Wildman–Crippen LogP) is 1.83. The van der Waals surface area contributed by atoms with Gasteiger partial charge in [-0.05, 0) is 30.4 Å². The summed E-state index contributed by atoms with van der Waals surface area (Å²) in [5, 5.41) is 2.01. The number of nitrogens with zero attached hydrogens (tertiary/aromatic N) is 1. The number of hydrogen-bond donors (Lipinski definition) is 1. The zero-order valence-electron chi connectivity index (χ0n) is 12.5. The number of rotatable bonds is 5. The van der Waals surface area contributed by atoms with E-state index in [1.807, 2.05) is 25.3 Å². The van der Waals surface area contributed by atoms with Gasteiger partial charge >= 0.3 is 0 Å². The van der Waals surface area contributed by atoms with E-state index >= 15 is 0 Å². The summed E-state index contributed by atoms with van der Waals surface area (Å²) < 4.78 is 5.34. The standard InChI is InChI=1S/C15H22N2O2S/c1-5-15(2,19-4)14(18)17(3)10-12-9-13(20-11-12)7-6-8-16/h9,11H,5,8,10,16H2,1-4H3. The summed E-state index contributed by atoms with van der Waals surface area (Å²) >= 11 is 1.56. The van der Waals surface area contributed by atoms with Gasteiger partial charge in [0.05, 0.1) is 11.4 Å². The number of nitrogens with two attached hydrogens (primary N) is 1. The predicted molar refractivity (Wildman–Crippen MR) is 82.4 cm³/mol. The third kappa shape index (κ3) is 4.07. The molecular weight excluding hydrogens is 272 g/mol. The largest absolute Gasteiger partial charge is 0.369 e. The van der Waals surface area contributed by atoms with E-state index in [2.05, 4.69) is 11.8 Å². The molecule has 110 valence electrons. The lowest BCUT2D eigenvalue weighted by Crippen LogP contribution is -2.46. The van der Waals surface area contributed by atoms with Gasteiger partial charge in [0.25, 0.3) is 5.91 Å². The normalized spacial score (nSPS) is 13.2. The molecule has 0 aliphatic carbocycles. The molecule has 0 saturated carbocycles. The molecule has 0 fully saturated rings. The fourth-order valence-corrected chi connectivity index (χ4v) is 2.57. The van der Waals surface area contributed by atoms with Gasteiger partial charge in [-0.25, -0.2) is 0 Å². The zero-order valence-corrected chi connectivity index (χ0v) is 13.3. The molecule has 1 aromatic rings. The molecule has 0 aromatic carbocycles. The third-order valence-corrected chi connectivity index (χ3v) is 4.21. The smallest absolute Gasteiger partial charge is 0.254 e. The minimum Gasteiger partial charge on any atom is -0.369 e. The maximum atomic E-state index is 12.4. The van der Waals surface area contributed by atoms with Crippen LogP contribution in [0.5, 0.6) is 0 Å². The van der Waals surface area contributed by atoms with Gasteiger partial charge in [-0.2, -0.15) is 0 Å². The topological polar surface area (TPSA) is 55.6 Å². The first kappa shape index (κ1) is 16.7. The Hall–Kier alpha value is -1.35. The highest BCUT2D eigenvalue weighted by molar-refractivity contribution is 7.10. The zero-order chi connectivity index (χ0) is 15.2. The van der Waals surface area contributed by atoms with Crippen LogP contribution < -0.4 is 5.73 Å². The van der Waals surface area contributed by atoms with E-state index < -0.39 is 5.60 Å². The Labute approximate surface area is 124 Å². The van der Waals surface area contributed by atoms with Gasteiger partial charge in [0.1, 0.15) is 5.60 Å². The Bertz CT molecular complexity index is 509. The van der Waals surface area contributed by atoms with Gasteiger partial charge in [-0.3, -0.25) is 4.79 Å². The second-order valence-electron chi connectivity index (χ2n) is 4.77. The van der Waals surface area contributed by atoms with Crippen molar-refractivity contribution in [2.45, 2.75) is 32.4 Å². The quantitative estimate of drug-likeness (QED) is 0.843. The average molecular weight is 294 g/mol. The number of carbonyl (C=O) groups excluding carboxylic acids is 1. The molecule has 20 heavy (non-hydrogen) atoms. The highest BCUT2D eigenvalue weighted by Crippen LogP contribution is 2.20. The van der Waals surface area contributed by atoms with E-state index in [-0.39, 0.29) is 5.91 Å². The van der Waals surface area contributed by atoms with E-state index in [0.29, 0.717) is 19.5 Å². The molecule has 0 aliphatic rings. The summed E-state index contributed by atoms with van der Waals surface area (Å²) in [5.74, 6) is 5.81. The van der Waals surface area contributed by atoms with E-state index in [0.717, 1.165) is 10.4 Å². The van der Waals surface area contributed by atoms with Crippen LogP contribution >= 0.6 is 11.3 Å². The van der Waals surface area contributed by atoms with E-state index in [1.165, 1.54) is 0 Å². The van der Waals surface area contributed by atoms with Crippen LogP contribution in [0.2, 0.25) is 0 Å². The molecule has 1 rings (SSSR count). The molecule has 0 radical (unpaired) electrons.